The van der Waals surface area contributed by atoms with Crippen LogP contribution < -0.4 is 9.47 Å². The Bertz CT molecular complexity index is 826. The lowest BCUT2D eigenvalue weighted by atomic mass is 10.2. The van der Waals surface area contributed by atoms with Gasteiger partial charge < -0.3 is 14.6 Å². The Labute approximate surface area is 150 Å². The lowest BCUT2D eigenvalue weighted by molar-refractivity contribution is -0.385. The Morgan fingerprint density at radius 2 is 1.92 bits per heavy atom. The van der Waals surface area contributed by atoms with E-state index in [1.807, 2.05) is 0 Å². The molecule has 0 aliphatic rings. The first kappa shape index (κ1) is 18.0. The summed E-state index contributed by atoms with van der Waals surface area (Å²) in [7, 11) is 2.92. The fourth-order valence-electron chi connectivity index (χ4n) is 1.93. The zero-order valence-corrected chi connectivity index (χ0v) is 15.0. The molecule has 0 radical (unpaired) electrons. The van der Waals surface area contributed by atoms with E-state index in [-0.39, 0.29) is 5.56 Å². The van der Waals surface area contributed by atoms with Gasteiger partial charge in [-0.25, -0.2) is 0 Å². The number of halogens is 2. The summed E-state index contributed by atoms with van der Waals surface area (Å²) in [6.07, 6.45) is 1.29. The molecule has 0 spiro atoms. The topological polar surface area (TPSA) is 94.2 Å². The van der Waals surface area contributed by atoms with Crippen LogP contribution >= 0.6 is 27.5 Å². The maximum absolute atomic E-state index is 11.0. The number of nitrogens with zero attached hydrogens (tertiary/aromatic N) is 2. The van der Waals surface area contributed by atoms with E-state index in [2.05, 4.69) is 20.9 Å². The molecule has 0 aromatic heterocycles. The summed E-state index contributed by atoms with van der Waals surface area (Å²) in [4.78, 5) is 14.5. The second-order valence-corrected chi connectivity index (χ2v) is 5.86. The normalized spacial score (nSPS) is 10.8. The second kappa shape index (κ2) is 7.50. The van der Waals surface area contributed by atoms with E-state index in [4.69, 9.17) is 21.1 Å². The molecule has 7 nitrogen and oxygen atoms in total. The zero-order valence-electron chi connectivity index (χ0n) is 12.6. The van der Waals surface area contributed by atoms with E-state index in [1.165, 1.54) is 38.6 Å². The molecule has 0 saturated carbocycles. The Kier molecular flexibility index (Phi) is 5.63. The van der Waals surface area contributed by atoms with Crippen molar-refractivity contribution in [1.82, 2.24) is 0 Å². The zero-order chi connectivity index (χ0) is 17.9. The molecule has 0 aliphatic heterocycles. The van der Waals surface area contributed by atoms with Crippen molar-refractivity contribution in [1.29, 1.82) is 0 Å². The fourth-order valence-corrected chi connectivity index (χ4v) is 2.62. The second-order valence-electron chi connectivity index (χ2n) is 4.54. The van der Waals surface area contributed by atoms with Crippen LogP contribution in [0.2, 0.25) is 5.02 Å². The largest absolute Gasteiger partial charge is 0.502 e. The van der Waals surface area contributed by atoms with Crippen LogP contribution in [0, 0.1) is 10.1 Å². The summed E-state index contributed by atoms with van der Waals surface area (Å²) < 4.78 is 10.8. The molecular weight excluding hydrogens is 404 g/mol. The first-order valence-corrected chi connectivity index (χ1v) is 7.67. The molecule has 1 N–H and O–H groups in total. The SMILES string of the molecule is COc1cc(/N=C/c2cc(Br)cc([N+](=O)[O-])c2O)c(OC)cc1Cl. The van der Waals surface area contributed by atoms with Crippen molar-refractivity contribution in [2.45, 2.75) is 0 Å². The molecule has 9 heteroatoms. The molecule has 0 heterocycles. The van der Waals surface area contributed by atoms with Crippen LogP contribution in [-0.2, 0) is 0 Å². The van der Waals surface area contributed by atoms with Crippen molar-refractivity contribution in [2.24, 2.45) is 4.99 Å². The lowest BCUT2D eigenvalue weighted by Gasteiger charge is -2.09. The smallest absolute Gasteiger partial charge is 0.312 e. The van der Waals surface area contributed by atoms with Crippen molar-refractivity contribution in [3.63, 3.8) is 0 Å². The Balaban J connectivity index is 2.50. The van der Waals surface area contributed by atoms with E-state index in [9.17, 15) is 15.2 Å². The molecule has 0 fully saturated rings. The molecule has 2 aromatic rings. The van der Waals surface area contributed by atoms with Crippen LogP contribution in [0.4, 0.5) is 11.4 Å². The van der Waals surface area contributed by atoms with Crippen molar-refractivity contribution < 1.29 is 19.5 Å². The minimum Gasteiger partial charge on any atom is -0.502 e. The molecule has 0 unspecified atom stereocenters. The number of hydrogen-bond acceptors (Lipinski definition) is 6. The van der Waals surface area contributed by atoms with Gasteiger partial charge in [-0.05, 0) is 6.07 Å². The molecule has 2 aromatic carbocycles. The molecule has 0 saturated heterocycles. The third-order valence-corrected chi connectivity index (χ3v) is 3.83. The highest BCUT2D eigenvalue weighted by atomic mass is 79.9. The predicted octanol–water partition coefficient (Wildman–Crippen LogP) is 4.48. The van der Waals surface area contributed by atoms with Crippen molar-refractivity contribution in [3.05, 3.63) is 49.4 Å². The lowest BCUT2D eigenvalue weighted by Crippen LogP contribution is -1.93. The van der Waals surface area contributed by atoms with Crippen LogP contribution in [0.3, 0.4) is 0 Å². The Morgan fingerprint density at radius 3 is 2.50 bits per heavy atom. The third kappa shape index (κ3) is 3.77. The Morgan fingerprint density at radius 1 is 1.25 bits per heavy atom. The number of nitro groups is 1. The molecule has 2 rings (SSSR count). The average Bonchev–Trinajstić information content (AvgIpc) is 2.55. The molecular formula is C15H12BrClN2O5. The van der Waals surface area contributed by atoms with Gasteiger partial charge in [0.2, 0.25) is 5.75 Å². The molecule has 0 atom stereocenters. The highest BCUT2D eigenvalue weighted by Gasteiger charge is 2.18. The van der Waals surface area contributed by atoms with Crippen molar-refractivity contribution >= 4 is 45.1 Å². The van der Waals surface area contributed by atoms with Gasteiger partial charge in [-0.2, -0.15) is 0 Å². The third-order valence-electron chi connectivity index (χ3n) is 3.08. The minimum atomic E-state index is -0.677. The number of methoxy groups -OCH3 is 2. The molecule has 0 bridgehead atoms. The number of rotatable bonds is 5. The summed E-state index contributed by atoms with van der Waals surface area (Å²) in [5, 5.41) is 21.3. The Hall–Kier alpha value is -2.32. The van der Waals surface area contributed by atoms with Gasteiger partial charge in [0.15, 0.2) is 0 Å². The van der Waals surface area contributed by atoms with Crippen LogP contribution in [0.15, 0.2) is 33.7 Å². The fraction of sp³-hybridized carbons (Fsp3) is 0.133. The van der Waals surface area contributed by atoms with Gasteiger partial charge in [0.1, 0.15) is 17.2 Å². The van der Waals surface area contributed by atoms with Gasteiger partial charge >= 0.3 is 5.69 Å². The van der Waals surface area contributed by atoms with E-state index in [1.54, 1.807) is 6.07 Å². The van der Waals surface area contributed by atoms with Crippen LogP contribution in [0.5, 0.6) is 17.2 Å². The predicted molar refractivity (Wildman–Crippen MR) is 94.3 cm³/mol. The van der Waals surface area contributed by atoms with Crippen LogP contribution in [0.1, 0.15) is 5.56 Å². The molecule has 0 aliphatic carbocycles. The number of aliphatic imine (C=N–C) groups is 1. The molecule has 24 heavy (non-hydrogen) atoms. The first-order chi connectivity index (χ1) is 11.4. The monoisotopic (exact) mass is 414 g/mol. The van der Waals surface area contributed by atoms with Gasteiger partial charge in [-0.3, -0.25) is 15.1 Å². The maximum Gasteiger partial charge on any atom is 0.312 e. The van der Waals surface area contributed by atoms with Crippen molar-refractivity contribution in [2.75, 3.05) is 14.2 Å². The van der Waals surface area contributed by atoms with Crippen molar-refractivity contribution in [3.8, 4) is 17.2 Å². The summed E-state index contributed by atoms with van der Waals surface area (Å²) in [6, 6.07) is 5.81. The summed E-state index contributed by atoms with van der Waals surface area (Å²) in [6.45, 7) is 0. The number of hydrogen-bond donors (Lipinski definition) is 1. The molecule has 0 amide bonds. The van der Waals surface area contributed by atoms with Gasteiger partial charge in [-0.1, -0.05) is 27.5 Å². The molecule has 126 valence electrons. The first-order valence-electron chi connectivity index (χ1n) is 6.49. The van der Waals surface area contributed by atoms with E-state index in [0.29, 0.717) is 26.7 Å². The van der Waals surface area contributed by atoms with Gasteiger partial charge in [-0.15, -0.1) is 0 Å². The number of ether oxygens (including phenoxy) is 2. The van der Waals surface area contributed by atoms with Crippen LogP contribution in [0.25, 0.3) is 0 Å². The van der Waals surface area contributed by atoms with Gasteiger partial charge in [0, 0.05) is 34.4 Å². The number of phenolic OH excluding ortho intramolecular Hbond substituents is 1. The van der Waals surface area contributed by atoms with E-state index < -0.39 is 16.4 Å². The minimum absolute atomic E-state index is 0.173. The number of benzene rings is 2. The summed E-state index contributed by atoms with van der Waals surface area (Å²) in [5.41, 5.74) is 0.138. The van der Waals surface area contributed by atoms with E-state index >= 15 is 0 Å². The number of aromatic hydroxyl groups is 1. The number of phenols is 1. The standard InChI is InChI=1S/C15H12BrClN2O5/c1-23-13-6-11(14(24-2)5-10(13)17)18-7-8-3-9(16)4-12(15(8)20)19(21)22/h3-7,20H,1-2H3/b18-7+. The van der Waals surface area contributed by atoms with Gasteiger partial charge in [0.05, 0.1) is 24.2 Å². The summed E-state index contributed by atoms with van der Waals surface area (Å²) in [5.74, 6) is 0.307. The average molecular weight is 416 g/mol. The summed E-state index contributed by atoms with van der Waals surface area (Å²) >= 11 is 9.18. The highest BCUT2D eigenvalue weighted by molar-refractivity contribution is 9.10. The number of nitro benzene ring substituents is 1. The maximum atomic E-state index is 11.0. The van der Waals surface area contributed by atoms with Crippen LogP contribution in [-0.4, -0.2) is 30.5 Å². The van der Waals surface area contributed by atoms with Gasteiger partial charge in [0.25, 0.3) is 0 Å². The highest BCUT2D eigenvalue weighted by Crippen LogP contribution is 2.38. The van der Waals surface area contributed by atoms with E-state index in [0.717, 1.165) is 0 Å². The quantitative estimate of drug-likeness (QED) is 0.441.